The van der Waals surface area contributed by atoms with Gasteiger partial charge in [0.15, 0.2) is 0 Å². The van der Waals surface area contributed by atoms with Gasteiger partial charge in [-0.05, 0) is 13.0 Å². The number of thiazole rings is 1. The molecule has 3 rings (SSSR count). The molecule has 0 bridgehead atoms. The highest BCUT2D eigenvalue weighted by molar-refractivity contribution is 7.07. The number of hydrogen-bond acceptors (Lipinski definition) is 3. The molecule has 126 valence electrons. The molecule has 0 saturated carbocycles. The van der Waals surface area contributed by atoms with Crippen molar-refractivity contribution in [2.45, 2.75) is 6.92 Å². The Morgan fingerprint density at radius 3 is 2.64 bits per heavy atom. The lowest BCUT2D eigenvalue weighted by molar-refractivity contribution is 0.625. The van der Waals surface area contributed by atoms with Crippen molar-refractivity contribution in [1.82, 2.24) is 4.68 Å². The van der Waals surface area contributed by atoms with Gasteiger partial charge >= 0.3 is 0 Å². The molecule has 1 heterocycles. The maximum atomic E-state index is 13.9. The minimum absolute atomic E-state index is 0.302. The van der Waals surface area contributed by atoms with Gasteiger partial charge in [0.05, 0.1) is 18.5 Å². The summed E-state index contributed by atoms with van der Waals surface area (Å²) >= 11 is 1.50. The van der Waals surface area contributed by atoms with Crippen LogP contribution in [-0.4, -0.2) is 17.4 Å². The first-order chi connectivity index (χ1) is 12.2. The molecule has 0 radical (unpaired) electrons. The Morgan fingerprint density at radius 1 is 1.16 bits per heavy atom. The van der Waals surface area contributed by atoms with Crippen LogP contribution in [0.1, 0.15) is 11.1 Å². The molecule has 0 aliphatic rings. The van der Waals surface area contributed by atoms with Crippen LogP contribution in [0.4, 0.5) is 4.39 Å². The molecule has 2 aromatic carbocycles. The smallest absolute Gasteiger partial charge is 0.206 e. The summed E-state index contributed by atoms with van der Waals surface area (Å²) in [4.78, 5) is 5.22. The van der Waals surface area contributed by atoms with Gasteiger partial charge in [0.1, 0.15) is 5.82 Å². The maximum Gasteiger partial charge on any atom is 0.206 e. The third-order valence-corrected chi connectivity index (χ3v) is 4.46. The van der Waals surface area contributed by atoms with Gasteiger partial charge in [-0.15, -0.1) is 17.9 Å². The summed E-state index contributed by atoms with van der Waals surface area (Å²) < 4.78 is 15.6. The predicted molar refractivity (Wildman–Crippen MR) is 103 cm³/mol. The van der Waals surface area contributed by atoms with E-state index in [9.17, 15) is 4.39 Å². The molecule has 0 atom stereocenters. The third kappa shape index (κ3) is 4.00. The summed E-state index contributed by atoms with van der Waals surface area (Å²) in [7, 11) is 0. The molecule has 0 amide bonds. The van der Waals surface area contributed by atoms with E-state index in [1.165, 1.54) is 29.2 Å². The van der Waals surface area contributed by atoms with E-state index < -0.39 is 0 Å². The minimum Gasteiger partial charge on any atom is -0.253 e. The van der Waals surface area contributed by atoms with E-state index in [-0.39, 0.29) is 5.82 Å². The number of aromatic nitrogens is 1. The molecule has 0 aliphatic carbocycles. The second kappa shape index (κ2) is 7.85. The second-order valence-corrected chi connectivity index (χ2v) is 6.31. The summed E-state index contributed by atoms with van der Waals surface area (Å²) in [6, 6.07) is 14.8. The van der Waals surface area contributed by atoms with E-state index >= 15 is 0 Å². The first kappa shape index (κ1) is 17.0. The molecule has 3 nitrogen and oxygen atoms in total. The summed E-state index contributed by atoms with van der Waals surface area (Å²) in [5.41, 5.74) is 3.58. The Balaban J connectivity index is 2.08. The van der Waals surface area contributed by atoms with Crippen LogP contribution < -0.4 is 4.80 Å². The molecule has 0 fully saturated rings. The van der Waals surface area contributed by atoms with E-state index in [4.69, 9.17) is 0 Å². The van der Waals surface area contributed by atoms with Crippen molar-refractivity contribution >= 4 is 17.6 Å². The summed E-state index contributed by atoms with van der Waals surface area (Å²) in [6.07, 6.45) is 3.25. The zero-order valence-electron chi connectivity index (χ0n) is 13.9. The van der Waals surface area contributed by atoms with Crippen molar-refractivity contribution in [3.05, 3.63) is 88.3 Å². The van der Waals surface area contributed by atoms with Gasteiger partial charge in [-0.1, -0.05) is 54.1 Å². The number of aryl methyl sites for hydroxylation is 1. The molecule has 3 aromatic rings. The highest BCUT2D eigenvalue weighted by Crippen LogP contribution is 2.20. The Kier molecular flexibility index (Phi) is 5.36. The van der Waals surface area contributed by atoms with Crippen LogP contribution in [0.3, 0.4) is 0 Å². The first-order valence-electron chi connectivity index (χ1n) is 7.87. The average Bonchev–Trinajstić information content (AvgIpc) is 3.02. The average molecular weight is 351 g/mol. The summed E-state index contributed by atoms with van der Waals surface area (Å²) in [5.74, 6) is -0.302. The Labute approximate surface area is 150 Å². The van der Waals surface area contributed by atoms with E-state index in [1.54, 1.807) is 29.0 Å². The van der Waals surface area contributed by atoms with Crippen molar-refractivity contribution in [2.75, 3.05) is 6.54 Å². The molecule has 0 saturated heterocycles. The molecule has 25 heavy (non-hydrogen) atoms. The Bertz CT molecular complexity index is 965. The van der Waals surface area contributed by atoms with E-state index in [0.717, 1.165) is 16.1 Å². The quantitative estimate of drug-likeness (QED) is 0.474. The summed E-state index contributed by atoms with van der Waals surface area (Å²) in [6.45, 7) is 6.25. The predicted octanol–water partition coefficient (Wildman–Crippen LogP) is 4.63. The van der Waals surface area contributed by atoms with Crippen molar-refractivity contribution < 1.29 is 4.39 Å². The number of benzene rings is 2. The lowest BCUT2D eigenvalue weighted by Gasteiger charge is -2.04. The Hall–Kier alpha value is -2.79. The van der Waals surface area contributed by atoms with Gasteiger partial charge < -0.3 is 0 Å². The molecule has 0 spiro atoms. The Morgan fingerprint density at radius 2 is 1.92 bits per heavy atom. The van der Waals surface area contributed by atoms with Crippen molar-refractivity contribution in [2.24, 2.45) is 10.1 Å². The fourth-order valence-corrected chi connectivity index (χ4v) is 3.13. The molecular formula is C20H18FN3S. The highest BCUT2D eigenvalue weighted by Gasteiger charge is 2.07. The molecule has 0 aliphatic heterocycles. The highest BCUT2D eigenvalue weighted by atomic mass is 32.1. The van der Waals surface area contributed by atoms with Crippen LogP contribution in [-0.2, 0) is 0 Å². The van der Waals surface area contributed by atoms with Gasteiger partial charge in [0.25, 0.3) is 0 Å². The van der Waals surface area contributed by atoms with Crippen molar-refractivity contribution in [3.63, 3.8) is 0 Å². The van der Waals surface area contributed by atoms with Gasteiger partial charge in [0, 0.05) is 16.5 Å². The summed E-state index contributed by atoms with van der Waals surface area (Å²) in [5, 5.41) is 6.49. The molecule has 1 aromatic heterocycles. The molecule has 0 N–H and O–H groups in total. The zero-order chi connectivity index (χ0) is 17.6. The fourth-order valence-electron chi connectivity index (χ4n) is 2.28. The fraction of sp³-hybridized carbons (Fsp3) is 0.100. The van der Waals surface area contributed by atoms with Crippen molar-refractivity contribution in [3.8, 4) is 11.3 Å². The SMILES string of the molecule is C=CCN=c1scc(-c2ccc(C)cc2)n1N=Cc1ccccc1F. The topological polar surface area (TPSA) is 29.6 Å². The van der Waals surface area contributed by atoms with E-state index in [0.29, 0.717) is 12.1 Å². The normalized spacial score (nSPS) is 12.0. The van der Waals surface area contributed by atoms with Crippen LogP contribution >= 0.6 is 11.3 Å². The number of nitrogens with zero attached hydrogens (tertiary/aromatic N) is 3. The largest absolute Gasteiger partial charge is 0.253 e. The van der Waals surface area contributed by atoms with E-state index in [2.05, 4.69) is 28.8 Å². The number of hydrogen-bond donors (Lipinski definition) is 0. The lowest BCUT2D eigenvalue weighted by Crippen LogP contribution is -2.12. The van der Waals surface area contributed by atoms with Crippen LogP contribution in [0.25, 0.3) is 11.3 Å². The number of rotatable bonds is 5. The van der Waals surface area contributed by atoms with Crippen molar-refractivity contribution in [1.29, 1.82) is 0 Å². The maximum absolute atomic E-state index is 13.9. The van der Waals surface area contributed by atoms with Gasteiger partial charge in [-0.3, -0.25) is 4.99 Å². The first-order valence-corrected chi connectivity index (χ1v) is 8.75. The minimum atomic E-state index is -0.302. The molecule has 0 unspecified atom stereocenters. The third-order valence-electron chi connectivity index (χ3n) is 3.61. The molecule has 5 heteroatoms. The van der Waals surface area contributed by atoms with Crippen LogP contribution in [0.5, 0.6) is 0 Å². The second-order valence-electron chi connectivity index (χ2n) is 5.48. The van der Waals surface area contributed by atoms with Crippen LogP contribution in [0, 0.1) is 12.7 Å². The van der Waals surface area contributed by atoms with E-state index in [1.807, 2.05) is 24.4 Å². The van der Waals surface area contributed by atoms with Crippen LogP contribution in [0.2, 0.25) is 0 Å². The monoisotopic (exact) mass is 351 g/mol. The standard InChI is InChI=1S/C20H18FN3S/c1-3-12-22-20-24(23-13-17-6-4-5-7-18(17)21)19(14-25-20)16-10-8-15(2)9-11-16/h3-11,13-14H,1,12H2,2H3. The van der Waals surface area contributed by atoms with Gasteiger partial charge in [0.2, 0.25) is 4.80 Å². The zero-order valence-corrected chi connectivity index (χ0v) is 14.7. The molecular weight excluding hydrogens is 333 g/mol. The van der Waals surface area contributed by atoms with Crippen LogP contribution in [0.15, 0.2) is 76.7 Å². The van der Waals surface area contributed by atoms with Gasteiger partial charge in [-0.2, -0.15) is 5.10 Å². The number of halogens is 1. The van der Waals surface area contributed by atoms with Gasteiger partial charge in [-0.25, -0.2) is 9.07 Å². The lowest BCUT2D eigenvalue weighted by atomic mass is 10.1.